The van der Waals surface area contributed by atoms with E-state index in [9.17, 15) is 5.11 Å². The lowest BCUT2D eigenvalue weighted by Crippen LogP contribution is -2.21. The summed E-state index contributed by atoms with van der Waals surface area (Å²) >= 11 is 1.44. The minimum Gasteiger partial charge on any atom is -0.493 e. The van der Waals surface area contributed by atoms with Gasteiger partial charge in [0.15, 0.2) is 5.75 Å². The molecular weight excluding hydrogens is 276 g/mol. The molecule has 0 bridgehead atoms. The summed E-state index contributed by atoms with van der Waals surface area (Å²) in [6.07, 6.45) is 0.882. The summed E-state index contributed by atoms with van der Waals surface area (Å²) in [5, 5.41) is 14.9. The monoisotopic (exact) mass is 296 g/mol. The zero-order valence-electron chi connectivity index (χ0n) is 12.2. The van der Waals surface area contributed by atoms with E-state index in [2.05, 4.69) is 15.0 Å². The highest BCUT2D eigenvalue weighted by atomic mass is 32.1. The van der Waals surface area contributed by atoms with Crippen molar-refractivity contribution in [2.45, 2.75) is 19.6 Å². The number of rotatable bonds is 6. The molecule has 0 aliphatic rings. The molecule has 0 aromatic carbocycles. The minimum absolute atomic E-state index is 0.601. The molecule has 2 rings (SSSR count). The maximum Gasteiger partial charge on any atom is 0.163 e. The third-order valence-corrected chi connectivity index (χ3v) is 4.10. The number of hydrogen-bond acceptors (Lipinski definition) is 6. The Morgan fingerprint density at radius 1 is 1.50 bits per heavy atom. The zero-order chi connectivity index (χ0) is 14.7. The Morgan fingerprint density at radius 2 is 2.25 bits per heavy atom. The predicted octanol–water partition coefficient (Wildman–Crippen LogP) is 1.30. The van der Waals surface area contributed by atoms with Gasteiger partial charge in [0.25, 0.3) is 0 Å². The van der Waals surface area contributed by atoms with Crippen LogP contribution in [0.4, 0.5) is 0 Å². The van der Waals surface area contributed by atoms with E-state index in [1.54, 1.807) is 23.5 Å². The fraction of sp³-hybridized carbons (Fsp3) is 0.538. The van der Waals surface area contributed by atoms with Crippen molar-refractivity contribution in [1.29, 1.82) is 0 Å². The standard InChI is InChI=1S/C13H20N4O2S/c1-9-13(20-8-14-9)12(18)11-10(19-4)7-15-17(11)6-5-16(2)3/h7-8,12,18H,5-6H2,1-4H3. The van der Waals surface area contributed by atoms with E-state index in [1.807, 2.05) is 21.0 Å². The second kappa shape index (κ2) is 6.34. The number of aryl methyl sites for hydroxylation is 1. The van der Waals surface area contributed by atoms with Crippen molar-refractivity contribution in [2.75, 3.05) is 27.7 Å². The molecular formula is C13H20N4O2S. The molecule has 2 heterocycles. The normalized spacial score (nSPS) is 12.9. The molecule has 6 nitrogen and oxygen atoms in total. The van der Waals surface area contributed by atoms with Gasteiger partial charge < -0.3 is 14.7 Å². The van der Waals surface area contributed by atoms with Crippen LogP contribution in [0.25, 0.3) is 0 Å². The van der Waals surface area contributed by atoms with E-state index in [-0.39, 0.29) is 0 Å². The summed E-state index contributed by atoms with van der Waals surface area (Å²) < 4.78 is 7.11. The van der Waals surface area contributed by atoms with Crippen LogP contribution in [-0.2, 0) is 6.54 Å². The van der Waals surface area contributed by atoms with Gasteiger partial charge in [-0.3, -0.25) is 4.68 Å². The van der Waals surface area contributed by atoms with Gasteiger partial charge in [0.2, 0.25) is 0 Å². The number of methoxy groups -OCH3 is 1. The van der Waals surface area contributed by atoms with E-state index in [0.29, 0.717) is 18.0 Å². The third-order valence-electron chi connectivity index (χ3n) is 3.11. The second-order valence-electron chi connectivity index (χ2n) is 4.83. The van der Waals surface area contributed by atoms with Crippen molar-refractivity contribution >= 4 is 11.3 Å². The SMILES string of the molecule is COc1cnn(CCN(C)C)c1C(O)c1scnc1C. The highest BCUT2D eigenvalue weighted by Gasteiger charge is 2.24. The summed E-state index contributed by atoms with van der Waals surface area (Å²) in [5.74, 6) is 0.601. The first-order chi connectivity index (χ1) is 9.54. The third kappa shape index (κ3) is 3.00. The zero-order valence-corrected chi connectivity index (χ0v) is 13.0. The lowest BCUT2D eigenvalue weighted by Gasteiger charge is -2.16. The van der Waals surface area contributed by atoms with Crippen molar-refractivity contribution in [1.82, 2.24) is 19.7 Å². The molecule has 0 saturated heterocycles. The smallest absolute Gasteiger partial charge is 0.163 e. The summed E-state index contributed by atoms with van der Waals surface area (Å²) in [5.41, 5.74) is 3.26. The molecule has 0 aliphatic heterocycles. The van der Waals surface area contributed by atoms with Gasteiger partial charge in [-0.25, -0.2) is 4.98 Å². The number of likely N-dealkylation sites (N-methyl/N-ethyl adjacent to an activating group) is 1. The Hall–Kier alpha value is -1.44. The van der Waals surface area contributed by atoms with Crippen LogP contribution in [0.2, 0.25) is 0 Å². The van der Waals surface area contributed by atoms with Gasteiger partial charge in [0.05, 0.1) is 35.9 Å². The maximum absolute atomic E-state index is 10.6. The van der Waals surface area contributed by atoms with Gasteiger partial charge in [-0.2, -0.15) is 5.10 Å². The van der Waals surface area contributed by atoms with Crippen LogP contribution in [0.3, 0.4) is 0 Å². The number of thiazole rings is 1. The quantitative estimate of drug-likeness (QED) is 0.870. The van der Waals surface area contributed by atoms with Crippen molar-refractivity contribution in [3.63, 3.8) is 0 Å². The van der Waals surface area contributed by atoms with Crippen LogP contribution >= 0.6 is 11.3 Å². The molecule has 0 aliphatic carbocycles. The molecule has 20 heavy (non-hydrogen) atoms. The highest BCUT2D eigenvalue weighted by molar-refractivity contribution is 7.09. The first-order valence-electron chi connectivity index (χ1n) is 6.37. The molecule has 1 unspecified atom stereocenters. The molecule has 1 atom stereocenters. The maximum atomic E-state index is 10.6. The lowest BCUT2D eigenvalue weighted by atomic mass is 10.2. The molecule has 2 aromatic rings. The Kier molecular flexibility index (Phi) is 4.74. The fourth-order valence-corrected chi connectivity index (χ4v) is 2.77. The van der Waals surface area contributed by atoms with Gasteiger partial charge in [-0.05, 0) is 21.0 Å². The van der Waals surface area contributed by atoms with Gasteiger partial charge in [0, 0.05) is 6.54 Å². The number of hydrogen-bond donors (Lipinski definition) is 1. The summed E-state index contributed by atoms with van der Waals surface area (Å²) in [6.45, 7) is 3.43. The average Bonchev–Trinajstić information content (AvgIpc) is 3.01. The number of aliphatic hydroxyl groups is 1. The van der Waals surface area contributed by atoms with Gasteiger partial charge in [0.1, 0.15) is 11.8 Å². The first kappa shape index (κ1) is 15.0. The molecule has 0 saturated carbocycles. The largest absolute Gasteiger partial charge is 0.493 e. The molecule has 0 fully saturated rings. The number of nitrogens with zero attached hydrogens (tertiary/aromatic N) is 4. The molecule has 7 heteroatoms. The number of aliphatic hydroxyl groups excluding tert-OH is 1. The molecule has 2 aromatic heterocycles. The number of aromatic nitrogens is 3. The van der Waals surface area contributed by atoms with Gasteiger partial charge in [-0.1, -0.05) is 0 Å². The minimum atomic E-state index is -0.762. The van der Waals surface area contributed by atoms with Gasteiger partial charge in [-0.15, -0.1) is 11.3 Å². The Balaban J connectivity index is 2.33. The summed E-state index contributed by atoms with van der Waals surface area (Å²) in [4.78, 5) is 7.09. The molecule has 1 N–H and O–H groups in total. The van der Waals surface area contributed by atoms with Crippen LogP contribution < -0.4 is 4.74 Å². The van der Waals surface area contributed by atoms with E-state index >= 15 is 0 Å². The van der Waals surface area contributed by atoms with Crippen molar-refractivity contribution < 1.29 is 9.84 Å². The summed E-state index contributed by atoms with van der Waals surface area (Å²) in [7, 11) is 5.59. The van der Waals surface area contributed by atoms with Crippen LogP contribution in [-0.4, -0.2) is 52.5 Å². The molecule has 0 spiro atoms. The van der Waals surface area contributed by atoms with Crippen LogP contribution in [0.15, 0.2) is 11.7 Å². The van der Waals surface area contributed by atoms with Crippen LogP contribution in [0.5, 0.6) is 5.75 Å². The van der Waals surface area contributed by atoms with Crippen molar-refractivity contribution in [2.24, 2.45) is 0 Å². The molecule has 0 amide bonds. The highest BCUT2D eigenvalue weighted by Crippen LogP contribution is 2.33. The van der Waals surface area contributed by atoms with E-state index in [0.717, 1.165) is 17.1 Å². The lowest BCUT2D eigenvalue weighted by molar-refractivity contribution is 0.203. The molecule has 0 radical (unpaired) electrons. The predicted molar refractivity (Wildman–Crippen MR) is 78.2 cm³/mol. The topological polar surface area (TPSA) is 63.4 Å². The van der Waals surface area contributed by atoms with Crippen molar-refractivity contribution in [3.05, 3.63) is 28.0 Å². The van der Waals surface area contributed by atoms with Gasteiger partial charge >= 0.3 is 0 Å². The average molecular weight is 296 g/mol. The first-order valence-corrected chi connectivity index (χ1v) is 7.25. The summed E-state index contributed by atoms with van der Waals surface area (Å²) in [6, 6.07) is 0. The fourth-order valence-electron chi connectivity index (χ4n) is 1.98. The van der Waals surface area contributed by atoms with Crippen LogP contribution in [0, 0.1) is 6.92 Å². The Bertz CT molecular complexity index is 564. The van der Waals surface area contributed by atoms with E-state index < -0.39 is 6.10 Å². The van der Waals surface area contributed by atoms with E-state index in [1.165, 1.54) is 11.3 Å². The molecule has 110 valence electrons. The second-order valence-corrected chi connectivity index (χ2v) is 5.72. The van der Waals surface area contributed by atoms with E-state index in [4.69, 9.17) is 4.74 Å². The Morgan fingerprint density at radius 3 is 2.80 bits per heavy atom. The van der Waals surface area contributed by atoms with Crippen molar-refractivity contribution in [3.8, 4) is 5.75 Å². The van der Waals surface area contributed by atoms with Crippen LogP contribution in [0.1, 0.15) is 22.4 Å². The Labute approximate surface area is 122 Å². The number of ether oxygens (including phenoxy) is 1.